The number of carbonyl (C=O) groups is 1. The predicted octanol–water partition coefficient (Wildman–Crippen LogP) is -0.514. The molecule has 0 bridgehead atoms. The van der Waals surface area contributed by atoms with E-state index < -0.39 is 0 Å². The van der Waals surface area contributed by atoms with Crippen LogP contribution in [0, 0.1) is 0 Å². The zero-order chi connectivity index (χ0) is 8.69. The van der Waals surface area contributed by atoms with Gasteiger partial charge in [0.2, 0.25) is 5.91 Å². The first kappa shape index (κ1) is 10.4. The second kappa shape index (κ2) is 6.12. The van der Waals surface area contributed by atoms with Crippen molar-refractivity contribution in [2.45, 2.75) is 19.4 Å². The maximum Gasteiger partial charge on any atom is 0.236 e. The number of nitrogens with two attached hydrogens (primary N) is 1. The fraction of sp³-hybridized carbons (Fsp3) is 0.857. The van der Waals surface area contributed by atoms with E-state index in [1.807, 2.05) is 6.92 Å². The highest BCUT2D eigenvalue weighted by Gasteiger charge is 2.12. The summed E-state index contributed by atoms with van der Waals surface area (Å²) in [7, 11) is 1.55. The summed E-state index contributed by atoms with van der Waals surface area (Å²) in [5, 5.41) is 2.97. The van der Waals surface area contributed by atoms with Crippen LogP contribution in [0.4, 0.5) is 0 Å². The van der Waals surface area contributed by atoms with Crippen LogP contribution in [0.15, 0.2) is 0 Å². The van der Waals surface area contributed by atoms with Gasteiger partial charge in [-0.05, 0) is 13.0 Å². The second-order valence-electron chi connectivity index (χ2n) is 2.36. The molecule has 0 saturated carbocycles. The molecular weight excluding hydrogens is 144 g/mol. The summed E-state index contributed by atoms with van der Waals surface area (Å²) in [5.74, 6) is -0.361. The van der Waals surface area contributed by atoms with Crippen molar-refractivity contribution in [2.75, 3.05) is 20.3 Å². The molecule has 1 unspecified atom stereocenters. The Morgan fingerprint density at radius 1 is 1.73 bits per heavy atom. The van der Waals surface area contributed by atoms with E-state index >= 15 is 0 Å². The van der Waals surface area contributed by atoms with E-state index in [4.69, 9.17) is 10.5 Å². The average molecular weight is 160 g/mol. The molecule has 4 nitrogen and oxygen atoms in total. The van der Waals surface area contributed by atoms with Crippen LogP contribution < -0.4 is 11.1 Å². The molecule has 0 fully saturated rings. The predicted molar refractivity (Wildman–Crippen MR) is 43.2 cm³/mol. The third-order valence-electron chi connectivity index (χ3n) is 1.32. The summed E-state index contributed by atoms with van der Waals surface area (Å²) in [6, 6.07) is -0.347. The topological polar surface area (TPSA) is 64.3 Å². The smallest absolute Gasteiger partial charge is 0.236 e. The number of carbonyl (C=O) groups excluding carboxylic acids is 1. The maximum absolute atomic E-state index is 10.7. The molecule has 3 N–H and O–H groups in total. The van der Waals surface area contributed by atoms with Crippen molar-refractivity contribution in [3.63, 3.8) is 0 Å². The highest BCUT2D eigenvalue weighted by molar-refractivity contribution is 5.79. The Balaban J connectivity index is 3.60. The SMILES string of the molecule is CCCNC(COC)C(N)=O. The molecule has 0 heterocycles. The normalized spacial score (nSPS) is 12.9. The van der Waals surface area contributed by atoms with Crippen LogP contribution in [-0.4, -0.2) is 32.2 Å². The molecule has 0 spiro atoms. The molecule has 0 aromatic rings. The minimum absolute atomic E-state index is 0.343. The molecule has 0 aliphatic heterocycles. The molecule has 1 amide bonds. The number of ether oxygens (including phenoxy) is 1. The van der Waals surface area contributed by atoms with Crippen LogP contribution >= 0.6 is 0 Å². The largest absolute Gasteiger partial charge is 0.383 e. The molecular formula is C7H16N2O2. The van der Waals surface area contributed by atoms with Crippen molar-refractivity contribution in [1.29, 1.82) is 0 Å². The van der Waals surface area contributed by atoms with Crippen LogP contribution in [0.25, 0.3) is 0 Å². The fourth-order valence-electron chi connectivity index (χ4n) is 0.727. The summed E-state index contributed by atoms with van der Waals surface area (Å²) in [6.07, 6.45) is 0.980. The molecule has 0 aliphatic rings. The molecule has 1 atom stereocenters. The van der Waals surface area contributed by atoms with Gasteiger partial charge in [0.05, 0.1) is 6.61 Å². The van der Waals surface area contributed by atoms with Crippen molar-refractivity contribution in [2.24, 2.45) is 5.73 Å². The van der Waals surface area contributed by atoms with Gasteiger partial charge in [-0.1, -0.05) is 6.92 Å². The Morgan fingerprint density at radius 2 is 2.36 bits per heavy atom. The van der Waals surface area contributed by atoms with Crippen LogP contribution in [0.5, 0.6) is 0 Å². The zero-order valence-electron chi connectivity index (χ0n) is 7.09. The van der Waals surface area contributed by atoms with E-state index in [0.29, 0.717) is 6.61 Å². The Kier molecular flexibility index (Phi) is 5.78. The lowest BCUT2D eigenvalue weighted by atomic mass is 10.3. The summed E-state index contributed by atoms with van der Waals surface area (Å²) in [6.45, 7) is 3.16. The van der Waals surface area contributed by atoms with E-state index in [9.17, 15) is 4.79 Å². The van der Waals surface area contributed by atoms with E-state index in [1.54, 1.807) is 7.11 Å². The third-order valence-corrected chi connectivity index (χ3v) is 1.32. The van der Waals surface area contributed by atoms with Crippen molar-refractivity contribution in [1.82, 2.24) is 5.32 Å². The van der Waals surface area contributed by atoms with E-state index in [2.05, 4.69) is 5.32 Å². The lowest BCUT2D eigenvalue weighted by Crippen LogP contribution is -2.44. The summed E-state index contributed by atoms with van der Waals surface area (Å²) < 4.78 is 4.80. The second-order valence-corrected chi connectivity index (χ2v) is 2.36. The molecule has 66 valence electrons. The van der Waals surface area contributed by atoms with Gasteiger partial charge < -0.3 is 15.8 Å². The molecule has 0 rings (SSSR count). The van der Waals surface area contributed by atoms with Crippen LogP contribution in [0.3, 0.4) is 0 Å². The summed E-state index contributed by atoms with van der Waals surface area (Å²) in [5.41, 5.74) is 5.08. The lowest BCUT2D eigenvalue weighted by Gasteiger charge is -2.12. The van der Waals surface area contributed by atoms with Crippen LogP contribution in [-0.2, 0) is 9.53 Å². The van der Waals surface area contributed by atoms with Gasteiger partial charge in [0.25, 0.3) is 0 Å². The molecule has 0 aromatic heterocycles. The van der Waals surface area contributed by atoms with Gasteiger partial charge >= 0.3 is 0 Å². The number of hydrogen-bond acceptors (Lipinski definition) is 3. The van der Waals surface area contributed by atoms with Crippen LogP contribution in [0.2, 0.25) is 0 Å². The third kappa shape index (κ3) is 4.75. The number of amides is 1. The average Bonchev–Trinajstić information content (AvgIpc) is 1.97. The van der Waals surface area contributed by atoms with E-state index in [0.717, 1.165) is 13.0 Å². The Labute approximate surface area is 67.1 Å². The Morgan fingerprint density at radius 3 is 2.73 bits per heavy atom. The van der Waals surface area contributed by atoms with Gasteiger partial charge in [-0.15, -0.1) is 0 Å². The zero-order valence-corrected chi connectivity index (χ0v) is 7.09. The number of hydrogen-bond donors (Lipinski definition) is 2. The molecule has 4 heteroatoms. The highest BCUT2D eigenvalue weighted by Crippen LogP contribution is 1.83. The number of methoxy groups -OCH3 is 1. The molecule has 0 aromatic carbocycles. The highest BCUT2D eigenvalue weighted by atomic mass is 16.5. The summed E-state index contributed by atoms with van der Waals surface area (Å²) in [4.78, 5) is 10.7. The first-order valence-electron chi connectivity index (χ1n) is 3.74. The Bertz CT molecular complexity index is 117. The number of primary amides is 1. The number of nitrogens with one attached hydrogen (secondary N) is 1. The maximum atomic E-state index is 10.7. The monoisotopic (exact) mass is 160 g/mol. The first-order chi connectivity index (χ1) is 5.22. The van der Waals surface area contributed by atoms with Gasteiger partial charge in [0, 0.05) is 7.11 Å². The quantitative estimate of drug-likeness (QED) is 0.550. The minimum Gasteiger partial charge on any atom is -0.383 e. The number of rotatable bonds is 6. The Hall–Kier alpha value is -0.610. The standard InChI is InChI=1S/C7H16N2O2/c1-3-4-9-6(5-11-2)7(8)10/h6,9H,3-5H2,1-2H3,(H2,8,10). The van der Waals surface area contributed by atoms with Crippen molar-refractivity contribution in [3.8, 4) is 0 Å². The van der Waals surface area contributed by atoms with Crippen LogP contribution in [0.1, 0.15) is 13.3 Å². The molecule has 0 aliphatic carbocycles. The van der Waals surface area contributed by atoms with Gasteiger partial charge in [-0.3, -0.25) is 4.79 Å². The van der Waals surface area contributed by atoms with Crippen molar-refractivity contribution >= 4 is 5.91 Å². The summed E-state index contributed by atoms with van der Waals surface area (Å²) >= 11 is 0. The molecule has 0 radical (unpaired) electrons. The van der Waals surface area contributed by atoms with Gasteiger partial charge in [0.15, 0.2) is 0 Å². The molecule has 0 saturated heterocycles. The van der Waals surface area contributed by atoms with Gasteiger partial charge in [0.1, 0.15) is 6.04 Å². The van der Waals surface area contributed by atoms with Gasteiger partial charge in [-0.2, -0.15) is 0 Å². The minimum atomic E-state index is -0.361. The fourth-order valence-corrected chi connectivity index (χ4v) is 0.727. The van der Waals surface area contributed by atoms with E-state index in [1.165, 1.54) is 0 Å². The molecule has 11 heavy (non-hydrogen) atoms. The van der Waals surface area contributed by atoms with Crippen molar-refractivity contribution < 1.29 is 9.53 Å². The lowest BCUT2D eigenvalue weighted by molar-refractivity contribution is -0.121. The van der Waals surface area contributed by atoms with Crippen molar-refractivity contribution in [3.05, 3.63) is 0 Å². The van der Waals surface area contributed by atoms with E-state index in [-0.39, 0.29) is 11.9 Å². The first-order valence-corrected chi connectivity index (χ1v) is 3.74. The van der Waals surface area contributed by atoms with Gasteiger partial charge in [-0.25, -0.2) is 0 Å².